The molecule has 2 rings (SSSR count). The van der Waals surface area contributed by atoms with E-state index >= 15 is 0 Å². The van der Waals surface area contributed by atoms with Gasteiger partial charge in [0, 0.05) is 13.1 Å². The van der Waals surface area contributed by atoms with Crippen molar-refractivity contribution in [3.8, 4) is 0 Å². The van der Waals surface area contributed by atoms with Crippen molar-refractivity contribution in [2.75, 3.05) is 24.6 Å². The molecule has 0 aliphatic carbocycles. The molecule has 0 radical (unpaired) electrons. The minimum atomic E-state index is 0.200. The average molecular weight is 236 g/mol. The molecule has 1 aromatic rings. The van der Waals surface area contributed by atoms with E-state index in [1.54, 1.807) is 0 Å². The van der Waals surface area contributed by atoms with Crippen LogP contribution >= 0.6 is 0 Å². The molecule has 2 atom stereocenters. The number of nitrogen functional groups attached to an aromatic ring is 2. The van der Waals surface area contributed by atoms with Crippen molar-refractivity contribution in [2.45, 2.75) is 26.8 Å². The highest BCUT2D eigenvalue weighted by Gasteiger charge is 2.22. The Labute approximate surface area is 101 Å². The van der Waals surface area contributed by atoms with E-state index in [1.807, 2.05) is 0 Å². The average Bonchev–Trinajstić information content (AvgIpc) is 2.13. The molecule has 0 aromatic carbocycles. The number of nitrogens with two attached hydrogens (primary N) is 2. The molecule has 0 unspecified atom stereocenters. The third-order valence-corrected chi connectivity index (χ3v) is 3.03. The predicted octanol–water partition coefficient (Wildman–Crippen LogP) is 0.514. The molecular formula is C11H20N6. The Kier molecular flexibility index (Phi) is 3.42. The number of piperidine rings is 1. The third-order valence-electron chi connectivity index (χ3n) is 3.03. The largest absolute Gasteiger partial charge is 0.368 e. The molecule has 0 saturated carbocycles. The molecule has 0 amide bonds. The lowest BCUT2D eigenvalue weighted by Crippen LogP contribution is -2.38. The van der Waals surface area contributed by atoms with Crippen LogP contribution in [0.1, 0.15) is 26.1 Å². The summed E-state index contributed by atoms with van der Waals surface area (Å²) in [4.78, 5) is 14.4. The fourth-order valence-corrected chi connectivity index (χ4v) is 2.65. The molecule has 2 heterocycles. The van der Waals surface area contributed by atoms with Crippen LogP contribution in [0.2, 0.25) is 0 Å². The number of hydrogen-bond donors (Lipinski definition) is 2. The lowest BCUT2D eigenvalue weighted by molar-refractivity contribution is 0.131. The van der Waals surface area contributed by atoms with Crippen molar-refractivity contribution < 1.29 is 0 Å². The number of aromatic nitrogens is 3. The fourth-order valence-electron chi connectivity index (χ4n) is 2.65. The molecule has 17 heavy (non-hydrogen) atoms. The van der Waals surface area contributed by atoms with Gasteiger partial charge in [0.1, 0.15) is 5.82 Å². The van der Waals surface area contributed by atoms with Gasteiger partial charge in [0.05, 0.1) is 6.54 Å². The zero-order valence-corrected chi connectivity index (χ0v) is 10.4. The van der Waals surface area contributed by atoms with Crippen molar-refractivity contribution in [2.24, 2.45) is 11.8 Å². The quantitative estimate of drug-likeness (QED) is 0.777. The van der Waals surface area contributed by atoms with Crippen LogP contribution < -0.4 is 11.5 Å². The normalized spacial score (nSPS) is 26.0. The zero-order valence-electron chi connectivity index (χ0n) is 10.4. The smallest absolute Gasteiger partial charge is 0.225 e. The van der Waals surface area contributed by atoms with E-state index < -0.39 is 0 Å². The van der Waals surface area contributed by atoms with Crippen molar-refractivity contribution in [1.82, 2.24) is 19.9 Å². The predicted molar refractivity (Wildman–Crippen MR) is 66.9 cm³/mol. The van der Waals surface area contributed by atoms with Gasteiger partial charge in [-0.3, -0.25) is 4.90 Å². The highest BCUT2D eigenvalue weighted by molar-refractivity contribution is 5.25. The second-order valence-electron chi connectivity index (χ2n) is 5.11. The number of nitrogens with zero attached hydrogens (tertiary/aromatic N) is 4. The van der Waals surface area contributed by atoms with Crippen LogP contribution in [-0.4, -0.2) is 32.9 Å². The monoisotopic (exact) mass is 236 g/mol. The van der Waals surface area contributed by atoms with Gasteiger partial charge in [0.25, 0.3) is 0 Å². The Morgan fingerprint density at radius 1 is 1.06 bits per heavy atom. The lowest BCUT2D eigenvalue weighted by Gasteiger charge is -2.34. The van der Waals surface area contributed by atoms with Crippen molar-refractivity contribution >= 4 is 11.9 Å². The third kappa shape index (κ3) is 3.26. The van der Waals surface area contributed by atoms with E-state index in [2.05, 4.69) is 33.7 Å². The van der Waals surface area contributed by atoms with Gasteiger partial charge in [-0.05, 0) is 18.3 Å². The molecule has 1 saturated heterocycles. The Morgan fingerprint density at radius 2 is 1.59 bits per heavy atom. The molecule has 1 fully saturated rings. The van der Waals surface area contributed by atoms with Crippen LogP contribution in [0.3, 0.4) is 0 Å². The van der Waals surface area contributed by atoms with Gasteiger partial charge in [-0.25, -0.2) is 0 Å². The van der Waals surface area contributed by atoms with Crippen LogP contribution in [0, 0.1) is 11.8 Å². The number of likely N-dealkylation sites (tertiary alicyclic amines) is 1. The molecule has 0 bridgehead atoms. The first kappa shape index (κ1) is 12.0. The fraction of sp³-hybridized carbons (Fsp3) is 0.727. The van der Waals surface area contributed by atoms with E-state index in [-0.39, 0.29) is 11.9 Å². The summed E-state index contributed by atoms with van der Waals surface area (Å²) in [5.41, 5.74) is 11.1. The summed E-state index contributed by atoms with van der Waals surface area (Å²) in [5.74, 6) is 2.50. The second kappa shape index (κ2) is 4.83. The highest BCUT2D eigenvalue weighted by Crippen LogP contribution is 2.21. The first-order valence-corrected chi connectivity index (χ1v) is 6.01. The summed E-state index contributed by atoms with van der Waals surface area (Å²) in [6.45, 7) is 7.41. The van der Waals surface area contributed by atoms with Crippen LogP contribution in [0.25, 0.3) is 0 Å². The number of hydrogen-bond acceptors (Lipinski definition) is 6. The molecular weight excluding hydrogens is 216 g/mol. The molecule has 0 spiro atoms. The van der Waals surface area contributed by atoms with E-state index in [0.29, 0.717) is 12.4 Å². The molecule has 1 aliphatic heterocycles. The Hall–Kier alpha value is -1.43. The standard InChI is InChI=1S/C11H20N6/c1-7-3-8(2)5-17(4-7)6-9-14-10(12)16-11(13)15-9/h7-8H,3-6H2,1-2H3,(H4,12,13,14,15,16)/t7-,8-/m0/s1. The van der Waals surface area contributed by atoms with E-state index in [9.17, 15) is 0 Å². The van der Waals surface area contributed by atoms with Gasteiger partial charge in [0.15, 0.2) is 0 Å². The summed E-state index contributed by atoms with van der Waals surface area (Å²) < 4.78 is 0. The van der Waals surface area contributed by atoms with E-state index in [4.69, 9.17) is 11.5 Å². The minimum absolute atomic E-state index is 0.200. The maximum absolute atomic E-state index is 5.56. The summed E-state index contributed by atoms with van der Waals surface area (Å²) in [5, 5.41) is 0. The summed E-state index contributed by atoms with van der Waals surface area (Å²) in [6, 6.07) is 0. The van der Waals surface area contributed by atoms with Gasteiger partial charge in [0.2, 0.25) is 11.9 Å². The van der Waals surface area contributed by atoms with Crippen molar-refractivity contribution in [3.05, 3.63) is 5.82 Å². The topological polar surface area (TPSA) is 94.0 Å². The Morgan fingerprint density at radius 3 is 2.12 bits per heavy atom. The van der Waals surface area contributed by atoms with Crippen LogP contribution in [0.4, 0.5) is 11.9 Å². The highest BCUT2D eigenvalue weighted by atomic mass is 15.2. The zero-order chi connectivity index (χ0) is 12.4. The van der Waals surface area contributed by atoms with Gasteiger partial charge >= 0.3 is 0 Å². The molecule has 1 aliphatic rings. The summed E-state index contributed by atoms with van der Waals surface area (Å²) in [7, 11) is 0. The van der Waals surface area contributed by atoms with Crippen LogP contribution in [0.5, 0.6) is 0 Å². The van der Waals surface area contributed by atoms with Gasteiger partial charge in [-0.1, -0.05) is 13.8 Å². The molecule has 6 heteroatoms. The SMILES string of the molecule is C[C@H]1C[C@H](C)CN(Cc2nc(N)nc(N)n2)C1. The molecule has 6 nitrogen and oxygen atoms in total. The Bertz CT molecular complexity index is 363. The summed E-state index contributed by atoms with van der Waals surface area (Å²) >= 11 is 0. The minimum Gasteiger partial charge on any atom is -0.368 e. The van der Waals surface area contributed by atoms with E-state index in [0.717, 1.165) is 24.9 Å². The molecule has 4 N–H and O–H groups in total. The maximum atomic E-state index is 5.56. The van der Waals surface area contributed by atoms with Crippen LogP contribution in [0.15, 0.2) is 0 Å². The molecule has 94 valence electrons. The van der Waals surface area contributed by atoms with Crippen molar-refractivity contribution in [3.63, 3.8) is 0 Å². The first-order valence-electron chi connectivity index (χ1n) is 6.01. The number of rotatable bonds is 2. The van der Waals surface area contributed by atoms with Crippen LogP contribution in [-0.2, 0) is 6.54 Å². The van der Waals surface area contributed by atoms with Gasteiger partial charge in [-0.15, -0.1) is 0 Å². The lowest BCUT2D eigenvalue weighted by atomic mass is 9.92. The Balaban J connectivity index is 2.04. The van der Waals surface area contributed by atoms with E-state index in [1.165, 1.54) is 6.42 Å². The first-order chi connectivity index (χ1) is 8.02. The van der Waals surface area contributed by atoms with Gasteiger partial charge < -0.3 is 11.5 Å². The second-order valence-corrected chi connectivity index (χ2v) is 5.11. The summed E-state index contributed by atoms with van der Waals surface area (Å²) in [6.07, 6.45) is 1.29. The molecule has 1 aromatic heterocycles. The maximum Gasteiger partial charge on any atom is 0.225 e. The number of anilines is 2. The van der Waals surface area contributed by atoms with Gasteiger partial charge in [-0.2, -0.15) is 15.0 Å². The van der Waals surface area contributed by atoms with Crippen molar-refractivity contribution in [1.29, 1.82) is 0 Å².